The summed E-state index contributed by atoms with van der Waals surface area (Å²) in [7, 11) is 2.04. The second-order valence-corrected chi connectivity index (χ2v) is 7.95. The van der Waals surface area contributed by atoms with Gasteiger partial charge >= 0.3 is 0 Å². The molecule has 1 heterocycles. The zero-order valence-corrected chi connectivity index (χ0v) is 17.4. The highest BCUT2D eigenvalue weighted by Crippen LogP contribution is 2.22. The van der Waals surface area contributed by atoms with Crippen LogP contribution < -0.4 is 15.0 Å². The van der Waals surface area contributed by atoms with Gasteiger partial charge in [-0.15, -0.1) is 11.3 Å². The van der Waals surface area contributed by atoms with E-state index in [-0.39, 0.29) is 5.91 Å². The maximum Gasteiger partial charge on any atom is 0.255 e. The average Bonchev–Trinajstić information content (AvgIpc) is 3.11. The number of rotatable bonds is 7. The molecule has 0 aliphatic carbocycles. The third-order valence-corrected chi connectivity index (χ3v) is 5.26. The summed E-state index contributed by atoms with van der Waals surface area (Å²) in [5.74, 6) is 0.478. The molecule has 0 saturated heterocycles. The number of ether oxygens (including phenoxy) is 1. The van der Waals surface area contributed by atoms with Crippen molar-refractivity contribution in [2.24, 2.45) is 0 Å². The Balaban J connectivity index is 1.67. The van der Waals surface area contributed by atoms with Crippen LogP contribution in [0.1, 0.15) is 34.9 Å². The lowest BCUT2D eigenvalue weighted by molar-refractivity contribution is 0.102. The van der Waals surface area contributed by atoms with Gasteiger partial charge in [0.2, 0.25) is 0 Å². The van der Waals surface area contributed by atoms with Crippen molar-refractivity contribution in [2.75, 3.05) is 17.3 Å². The van der Waals surface area contributed by atoms with E-state index in [1.807, 2.05) is 55.7 Å². The monoisotopic (exact) mass is 395 g/mol. The molecule has 0 fully saturated rings. The molecule has 0 radical (unpaired) electrons. The molecule has 1 aromatic heterocycles. The van der Waals surface area contributed by atoms with Gasteiger partial charge in [0, 0.05) is 35.4 Å². The van der Waals surface area contributed by atoms with Gasteiger partial charge in [0.05, 0.1) is 10.7 Å². The Morgan fingerprint density at radius 2 is 2.00 bits per heavy atom. The number of hydrogen-bond donors (Lipinski definition) is 1. The predicted octanol–water partition coefficient (Wildman–Crippen LogP) is 5.13. The molecule has 6 heteroatoms. The first kappa shape index (κ1) is 19.9. The van der Waals surface area contributed by atoms with Crippen LogP contribution in [0.4, 0.5) is 11.4 Å². The van der Waals surface area contributed by atoms with Crippen molar-refractivity contribution in [3.05, 3.63) is 70.2 Å². The van der Waals surface area contributed by atoms with Crippen molar-refractivity contribution in [3.8, 4) is 5.75 Å². The average molecular weight is 396 g/mol. The predicted molar refractivity (Wildman–Crippen MR) is 116 cm³/mol. The SMILES string of the molecule is Cc1nc(COc2cccc(C(=O)Nc3cccc(N(C)C(C)C)c3)c2)cs1. The summed E-state index contributed by atoms with van der Waals surface area (Å²) in [6.07, 6.45) is 0. The van der Waals surface area contributed by atoms with E-state index in [0.717, 1.165) is 22.1 Å². The second-order valence-electron chi connectivity index (χ2n) is 6.88. The fraction of sp³-hybridized carbons (Fsp3) is 0.273. The standard InChI is InChI=1S/C22H25N3O2S/c1-15(2)25(4)20-9-6-8-18(12-20)24-22(26)17-7-5-10-21(11-17)27-13-19-14-28-16(3)23-19/h5-12,14-15H,13H2,1-4H3,(H,24,26). The zero-order chi connectivity index (χ0) is 20.1. The number of anilines is 2. The molecular weight excluding hydrogens is 370 g/mol. The number of carbonyl (C=O) groups is 1. The van der Waals surface area contributed by atoms with Crippen LogP contribution >= 0.6 is 11.3 Å². The minimum absolute atomic E-state index is 0.167. The van der Waals surface area contributed by atoms with Gasteiger partial charge in [-0.3, -0.25) is 4.79 Å². The highest BCUT2D eigenvalue weighted by molar-refractivity contribution is 7.09. The maximum absolute atomic E-state index is 12.7. The van der Waals surface area contributed by atoms with E-state index in [1.54, 1.807) is 23.5 Å². The molecule has 28 heavy (non-hydrogen) atoms. The summed E-state index contributed by atoms with van der Waals surface area (Å²) >= 11 is 1.59. The van der Waals surface area contributed by atoms with Gasteiger partial charge in [-0.2, -0.15) is 0 Å². The summed E-state index contributed by atoms with van der Waals surface area (Å²) < 4.78 is 5.78. The van der Waals surface area contributed by atoms with Gasteiger partial charge < -0.3 is 15.0 Å². The number of nitrogens with zero attached hydrogens (tertiary/aromatic N) is 2. The van der Waals surface area contributed by atoms with Crippen molar-refractivity contribution in [2.45, 2.75) is 33.4 Å². The lowest BCUT2D eigenvalue weighted by atomic mass is 10.2. The normalized spacial score (nSPS) is 10.8. The van der Waals surface area contributed by atoms with E-state index in [9.17, 15) is 4.79 Å². The highest BCUT2D eigenvalue weighted by Gasteiger charge is 2.10. The van der Waals surface area contributed by atoms with E-state index >= 15 is 0 Å². The smallest absolute Gasteiger partial charge is 0.255 e. The van der Waals surface area contributed by atoms with Crippen LogP contribution in [0, 0.1) is 6.92 Å². The number of aryl methyl sites for hydroxylation is 1. The van der Waals surface area contributed by atoms with Crippen LogP contribution in [-0.4, -0.2) is 24.0 Å². The van der Waals surface area contributed by atoms with Crippen LogP contribution in [0.5, 0.6) is 5.75 Å². The molecule has 0 bridgehead atoms. The summed E-state index contributed by atoms with van der Waals surface area (Å²) in [6, 6.07) is 15.4. The first-order chi connectivity index (χ1) is 13.4. The van der Waals surface area contributed by atoms with E-state index < -0.39 is 0 Å². The number of carbonyl (C=O) groups excluding carboxylic acids is 1. The Bertz CT molecular complexity index is 952. The zero-order valence-electron chi connectivity index (χ0n) is 16.6. The summed E-state index contributed by atoms with van der Waals surface area (Å²) in [5.41, 5.74) is 3.26. The lowest BCUT2D eigenvalue weighted by Gasteiger charge is -2.24. The first-order valence-corrected chi connectivity index (χ1v) is 10.1. The third kappa shape index (κ3) is 5.10. The molecule has 0 unspecified atom stereocenters. The molecule has 1 amide bonds. The lowest BCUT2D eigenvalue weighted by Crippen LogP contribution is -2.25. The molecule has 0 spiro atoms. The molecule has 3 rings (SSSR count). The van der Waals surface area contributed by atoms with E-state index in [2.05, 4.69) is 29.0 Å². The minimum atomic E-state index is -0.167. The fourth-order valence-corrected chi connectivity index (χ4v) is 3.26. The highest BCUT2D eigenvalue weighted by atomic mass is 32.1. The van der Waals surface area contributed by atoms with E-state index in [1.165, 1.54) is 0 Å². The van der Waals surface area contributed by atoms with Crippen LogP contribution in [0.3, 0.4) is 0 Å². The fourth-order valence-electron chi connectivity index (χ4n) is 2.66. The maximum atomic E-state index is 12.7. The van der Waals surface area contributed by atoms with Crippen LogP contribution in [0.15, 0.2) is 53.9 Å². The molecule has 0 atom stereocenters. The number of thiazole rings is 1. The molecule has 146 valence electrons. The van der Waals surface area contributed by atoms with Crippen LogP contribution in [0.2, 0.25) is 0 Å². The number of hydrogen-bond acceptors (Lipinski definition) is 5. The Kier molecular flexibility index (Phi) is 6.31. The summed E-state index contributed by atoms with van der Waals surface area (Å²) in [5, 5.41) is 5.96. The van der Waals surface area contributed by atoms with Gasteiger partial charge in [0.25, 0.3) is 5.91 Å². The van der Waals surface area contributed by atoms with Crippen molar-refractivity contribution >= 4 is 28.6 Å². The van der Waals surface area contributed by atoms with Crippen LogP contribution in [0.25, 0.3) is 0 Å². The van der Waals surface area contributed by atoms with Crippen LogP contribution in [-0.2, 0) is 6.61 Å². The first-order valence-electron chi connectivity index (χ1n) is 9.20. The molecule has 0 saturated carbocycles. The Morgan fingerprint density at radius 3 is 2.71 bits per heavy atom. The van der Waals surface area contributed by atoms with Crippen molar-refractivity contribution < 1.29 is 9.53 Å². The summed E-state index contributed by atoms with van der Waals surface area (Å²) in [4.78, 5) is 19.2. The topological polar surface area (TPSA) is 54.5 Å². The molecular formula is C22H25N3O2S. The quantitative estimate of drug-likeness (QED) is 0.603. The number of aromatic nitrogens is 1. The molecule has 0 aliphatic rings. The van der Waals surface area contributed by atoms with Gasteiger partial charge in [-0.25, -0.2) is 4.98 Å². The molecule has 0 aliphatic heterocycles. The van der Waals surface area contributed by atoms with Gasteiger partial charge in [-0.1, -0.05) is 12.1 Å². The number of benzene rings is 2. The Labute approximate surface area is 170 Å². The van der Waals surface area contributed by atoms with Gasteiger partial charge in [0.1, 0.15) is 12.4 Å². The number of nitrogens with one attached hydrogen (secondary N) is 1. The second kappa shape index (κ2) is 8.89. The number of amides is 1. The molecule has 5 nitrogen and oxygen atoms in total. The van der Waals surface area contributed by atoms with Crippen molar-refractivity contribution in [1.29, 1.82) is 0 Å². The Hall–Kier alpha value is -2.86. The van der Waals surface area contributed by atoms with Crippen molar-refractivity contribution in [1.82, 2.24) is 4.98 Å². The van der Waals surface area contributed by atoms with Gasteiger partial charge in [-0.05, 0) is 57.2 Å². The van der Waals surface area contributed by atoms with E-state index in [0.29, 0.717) is 24.0 Å². The molecule has 3 aromatic rings. The largest absolute Gasteiger partial charge is 0.487 e. The summed E-state index contributed by atoms with van der Waals surface area (Å²) in [6.45, 7) is 6.61. The molecule has 2 aromatic carbocycles. The van der Waals surface area contributed by atoms with Gasteiger partial charge in [0.15, 0.2) is 0 Å². The molecule has 1 N–H and O–H groups in total. The Morgan fingerprint density at radius 1 is 1.21 bits per heavy atom. The van der Waals surface area contributed by atoms with E-state index in [4.69, 9.17) is 4.74 Å². The minimum Gasteiger partial charge on any atom is -0.487 e. The van der Waals surface area contributed by atoms with Crippen molar-refractivity contribution in [3.63, 3.8) is 0 Å². The third-order valence-electron chi connectivity index (χ3n) is 4.44.